The van der Waals surface area contributed by atoms with Crippen LogP contribution >= 0.6 is 12.6 Å². The summed E-state index contributed by atoms with van der Waals surface area (Å²) in [7, 11) is 0. The van der Waals surface area contributed by atoms with Gasteiger partial charge in [-0.2, -0.15) is 12.6 Å². The van der Waals surface area contributed by atoms with Gasteiger partial charge in [0, 0.05) is 19.2 Å². The Hall–Kier alpha value is -0.710. The van der Waals surface area contributed by atoms with Crippen molar-refractivity contribution in [3.8, 4) is 0 Å². The van der Waals surface area contributed by atoms with Crippen LogP contribution in [0.15, 0.2) is 0 Å². The second kappa shape index (κ2) is 7.56. The predicted molar refractivity (Wildman–Crippen MR) is 63.9 cm³/mol. The minimum absolute atomic E-state index is 0.166. The van der Waals surface area contributed by atoms with Crippen LogP contribution in [0.1, 0.15) is 27.2 Å². The molecule has 5 heteroatoms. The Labute approximate surface area is 96.6 Å². The van der Waals surface area contributed by atoms with Crippen LogP contribution in [0.25, 0.3) is 0 Å². The van der Waals surface area contributed by atoms with Crippen molar-refractivity contribution in [1.29, 1.82) is 0 Å². The summed E-state index contributed by atoms with van der Waals surface area (Å²) in [4.78, 5) is 22.3. The highest BCUT2D eigenvalue weighted by Crippen LogP contribution is 1.97. The van der Waals surface area contributed by atoms with E-state index in [9.17, 15) is 9.59 Å². The van der Waals surface area contributed by atoms with Crippen LogP contribution in [0.5, 0.6) is 0 Å². The van der Waals surface area contributed by atoms with E-state index in [-0.39, 0.29) is 11.8 Å². The molecule has 0 aromatic heterocycles. The molecule has 0 heterocycles. The third-order valence-electron chi connectivity index (χ3n) is 1.90. The average molecular weight is 232 g/mol. The molecular formula is C10H20N2O2S. The molecule has 0 fully saturated rings. The zero-order valence-corrected chi connectivity index (χ0v) is 10.4. The lowest BCUT2D eigenvalue weighted by atomic mass is 10.1. The third-order valence-corrected chi connectivity index (χ3v) is 2.26. The maximum absolute atomic E-state index is 11.5. The Kier molecular flexibility index (Phi) is 7.21. The SMILES string of the molecule is CC(=O)NC(CS)C(=O)NCCC(C)C. The Morgan fingerprint density at radius 1 is 1.33 bits per heavy atom. The van der Waals surface area contributed by atoms with E-state index in [0.717, 1.165) is 6.42 Å². The molecule has 15 heavy (non-hydrogen) atoms. The number of thiol groups is 1. The molecule has 4 nitrogen and oxygen atoms in total. The van der Waals surface area contributed by atoms with Crippen LogP contribution in [-0.4, -0.2) is 30.2 Å². The lowest BCUT2D eigenvalue weighted by Crippen LogP contribution is -2.47. The van der Waals surface area contributed by atoms with E-state index < -0.39 is 6.04 Å². The summed E-state index contributed by atoms with van der Waals surface area (Å²) < 4.78 is 0. The second-order valence-corrected chi connectivity index (χ2v) is 4.27. The molecule has 0 radical (unpaired) electrons. The molecule has 0 aliphatic carbocycles. The summed E-state index contributed by atoms with van der Waals surface area (Å²) in [5.74, 6) is 0.488. The Morgan fingerprint density at radius 3 is 2.33 bits per heavy atom. The highest BCUT2D eigenvalue weighted by Gasteiger charge is 2.16. The van der Waals surface area contributed by atoms with Crippen molar-refractivity contribution in [3.05, 3.63) is 0 Å². The van der Waals surface area contributed by atoms with E-state index in [2.05, 4.69) is 37.1 Å². The molecule has 0 aromatic carbocycles. The minimum atomic E-state index is -0.530. The Morgan fingerprint density at radius 2 is 1.93 bits per heavy atom. The first kappa shape index (κ1) is 14.3. The lowest BCUT2D eigenvalue weighted by Gasteiger charge is -2.15. The topological polar surface area (TPSA) is 58.2 Å². The lowest BCUT2D eigenvalue weighted by molar-refractivity contribution is -0.127. The monoisotopic (exact) mass is 232 g/mol. The van der Waals surface area contributed by atoms with Gasteiger partial charge in [0.2, 0.25) is 11.8 Å². The summed E-state index contributed by atoms with van der Waals surface area (Å²) in [5, 5.41) is 5.31. The zero-order chi connectivity index (χ0) is 11.8. The van der Waals surface area contributed by atoms with Gasteiger partial charge in [-0.1, -0.05) is 13.8 Å². The number of rotatable bonds is 6. The maximum Gasteiger partial charge on any atom is 0.243 e. The fourth-order valence-corrected chi connectivity index (χ4v) is 1.30. The van der Waals surface area contributed by atoms with Crippen LogP contribution in [0.4, 0.5) is 0 Å². The molecule has 2 amide bonds. The van der Waals surface area contributed by atoms with Crippen LogP contribution in [0.2, 0.25) is 0 Å². The summed E-state index contributed by atoms with van der Waals surface area (Å²) >= 11 is 4.02. The van der Waals surface area contributed by atoms with E-state index in [0.29, 0.717) is 18.2 Å². The molecular weight excluding hydrogens is 212 g/mol. The van der Waals surface area contributed by atoms with Gasteiger partial charge in [0.05, 0.1) is 0 Å². The van der Waals surface area contributed by atoms with Gasteiger partial charge in [0.15, 0.2) is 0 Å². The van der Waals surface area contributed by atoms with Gasteiger partial charge in [-0.15, -0.1) is 0 Å². The Bertz CT molecular complexity index is 219. The van der Waals surface area contributed by atoms with Crippen molar-refractivity contribution in [2.24, 2.45) is 5.92 Å². The van der Waals surface area contributed by atoms with Crippen molar-refractivity contribution in [2.75, 3.05) is 12.3 Å². The fourth-order valence-electron chi connectivity index (χ4n) is 1.05. The first-order valence-electron chi connectivity index (χ1n) is 5.13. The maximum atomic E-state index is 11.5. The van der Waals surface area contributed by atoms with Gasteiger partial charge in [-0.3, -0.25) is 9.59 Å². The molecule has 0 aliphatic heterocycles. The predicted octanol–water partition coefficient (Wildman–Crippen LogP) is 0.583. The van der Waals surface area contributed by atoms with Crippen molar-refractivity contribution in [1.82, 2.24) is 10.6 Å². The minimum Gasteiger partial charge on any atom is -0.354 e. The van der Waals surface area contributed by atoms with Gasteiger partial charge < -0.3 is 10.6 Å². The molecule has 1 unspecified atom stereocenters. The normalized spacial score (nSPS) is 12.3. The van der Waals surface area contributed by atoms with E-state index in [1.54, 1.807) is 0 Å². The average Bonchev–Trinajstić information content (AvgIpc) is 2.13. The summed E-state index contributed by atoms with van der Waals surface area (Å²) in [5.41, 5.74) is 0. The largest absolute Gasteiger partial charge is 0.354 e. The molecule has 0 aliphatic rings. The van der Waals surface area contributed by atoms with Crippen LogP contribution in [0, 0.1) is 5.92 Å². The zero-order valence-electron chi connectivity index (χ0n) is 9.54. The quantitative estimate of drug-likeness (QED) is 0.587. The van der Waals surface area contributed by atoms with Crippen molar-refractivity contribution in [3.63, 3.8) is 0 Å². The van der Waals surface area contributed by atoms with Crippen molar-refractivity contribution >= 4 is 24.4 Å². The van der Waals surface area contributed by atoms with Crippen molar-refractivity contribution < 1.29 is 9.59 Å². The highest BCUT2D eigenvalue weighted by molar-refractivity contribution is 7.80. The smallest absolute Gasteiger partial charge is 0.243 e. The van der Waals surface area contributed by atoms with Crippen molar-refractivity contribution in [2.45, 2.75) is 33.2 Å². The first-order valence-corrected chi connectivity index (χ1v) is 5.76. The number of hydrogen-bond acceptors (Lipinski definition) is 3. The molecule has 88 valence electrons. The second-order valence-electron chi connectivity index (χ2n) is 3.91. The number of carbonyl (C=O) groups excluding carboxylic acids is 2. The van der Waals surface area contributed by atoms with Crippen LogP contribution in [-0.2, 0) is 9.59 Å². The number of hydrogen-bond donors (Lipinski definition) is 3. The third kappa shape index (κ3) is 7.25. The standard InChI is InChI=1S/C10H20N2O2S/c1-7(2)4-5-11-10(14)9(6-15)12-8(3)13/h7,9,15H,4-6H2,1-3H3,(H,11,14)(H,12,13). The molecule has 0 aromatic rings. The van der Waals surface area contributed by atoms with E-state index >= 15 is 0 Å². The van der Waals surface area contributed by atoms with Crippen LogP contribution < -0.4 is 10.6 Å². The molecule has 0 saturated carbocycles. The first-order chi connectivity index (χ1) is 6.97. The van der Waals surface area contributed by atoms with Gasteiger partial charge in [-0.05, 0) is 12.3 Å². The van der Waals surface area contributed by atoms with E-state index in [1.807, 2.05) is 0 Å². The molecule has 0 rings (SSSR count). The molecule has 2 N–H and O–H groups in total. The highest BCUT2D eigenvalue weighted by atomic mass is 32.1. The fraction of sp³-hybridized carbons (Fsp3) is 0.800. The van der Waals surface area contributed by atoms with E-state index in [4.69, 9.17) is 0 Å². The Balaban J connectivity index is 3.88. The van der Waals surface area contributed by atoms with Gasteiger partial charge in [0.1, 0.15) is 6.04 Å². The summed E-state index contributed by atoms with van der Waals surface area (Å²) in [6.07, 6.45) is 0.936. The van der Waals surface area contributed by atoms with Gasteiger partial charge >= 0.3 is 0 Å². The number of nitrogens with one attached hydrogen (secondary N) is 2. The van der Waals surface area contributed by atoms with Gasteiger partial charge in [-0.25, -0.2) is 0 Å². The number of carbonyl (C=O) groups is 2. The van der Waals surface area contributed by atoms with Gasteiger partial charge in [0.25, 0.3) is 0 Å². The number of amides is 2. The molecule has 0 saturated heterocycles. The summed E-state index contributed by atoms with van der Waals surface area (Å²) in [6, 6.07) is -0.530. The van der Waals surface area contributed by atoms with Crippen LogP contribution in [0.3, 0.4) is 0 Å². The van der Waals surface area contributed by atoms with E-state index in [1.165, 1.54) is 6.92 Å². The molecule has 0 spiro atoms. The molecule has 1 atom stereocenters. The molecule has 0 bridgehead atoms. The summed E-state index contributed by atoms with van der Waals surface area (Å²) in [6.45, 7) is 6.21.